The molecule has 0 fully saturated rings. The van der Waals surface area contributed by atoms with Gasteiger partial charge in [-0.15, -0.1) is 10.2 Å². The predicted octanol–water partition coefficient (Wildman–Crippen LogP) is 4.18. The smallest absolute Gasteiger partial charge is 0.296 e. The largest absolute Gasteiger partial charge is 0.397 e. The molecule has 0 bridgehead atoms. The fourth-order valence-corrected chi connectivity index (χ4v) is 4.03. The summed E-state index contributed by atoms with van der Waals surface area (Å²) in [4.78, 5) is 10.8. The number of azo groups is 1. The number of carbonyl (C=O) groups excluding carboxylic acids is 1. The van der Waals surface area contributed by atoms with Gasteiger partial charge in [0.15, 0.2) is 0 Å². The molecule has 0 radical (unpaired) electrons. The molecule has 0 spiro atoms. The SMILES string of the molecule is C=C(Br)C(=O)Nc1ccc(N=Nc2c(N)ccc3cc(S(=O)(=O)O)ccc23)c(S(=O)(=O)O)c1. The van der Waals surface area contributed by atoms with Crippen LogP contribution in [0.5, 0.6) is 0 Å². The zero-order valence-electron chi connectivity index (χ0n) is 16.4. The van der Waals surface area contributed by atoms with Gasteiger partial charge in [-0.25, -0.2) is 0 Å². The van der Waals surface area contributed by atoms with E-state index in [0.717, 1.165) is 12.1 Å². The molecule has 3 aromatic rings. The minimum atomic E-state index is -4.76. The van der Waals surface area contributed by atoms with Crippen LogP contribution in [0.25, 0.3) is 10.8 Å². The number of fused-ring (bicyclic) bond motifs is 1. The van der Waals surface area contributed by atoms with Gasteiger partial charge in [-0.3, -0.25) is 13.9 Å². The Kier molecular flexibility index (Phi) is 6.67. The summed E-state index contributed by atoms with van der Waals surface area (Å²) in [5.74, 6) is -0.626. The summed E-state index contributed by atoms with van der Waals surface area (Å²) >= 11 is 2.90. The summed E-state index contributed by atoms with van der Waals surface area (Å²) in [7, 11) is -9.19. The normalized spacial score (nSPS) is 12.2. The van der Waals surface area contributed by atoms with Crippen molar-refractivity contribution in [3.8, 4) is 0 Å². The highest BCUT2D eigenvalue weighted by Gasteiger charge is 2.18. The first-order valence-electron chi connectivity index (χ1n) is 8.76. The maximum Gasteiger partial charge on any atom is 0.296 e. The number of benzene rings is 3. The van der Waals surface area contributed by atoms with Crippen LogP contribution in [0, 0.1) is 0 Å². The van der Waals surface area contributed by atoms with Crippen molar-refractivity contribution >= 4 is 75.6 Å². The number of nitrogens with zero attached hydrogens (tertiary/aromatic N) is 2. The summed E-state index contributed by atoms with van der Waals surface area (Å²) in [6, 6.07) is 10.2. The number of hydrogen-bond donors (Lipinski definition) is 4. The fraction of sp³-hybridized carbons (Fsp3) is 0. The first-order valence-corrected chi connectivity index (χ1v) is 12.4. The molecule has 0 saturated carbocycles. The summed E-state index contributed by atoms with van der Waals surface area (Å²) in [5, 5.41) is 11.0. The molecule has 0 aliphatic heterocycles. The van der Waals surface area contributed by atoms with Crippen molar-refractivity contribution in [2.45, 2.75) is 9.79 Å². The van der Waals surface area contributed by atoms with Crippen LogP contribution in [-0.2, 0) is 25.0 Å². The highest BCUT2D eigenvalue weighted by Crippen LogP contribution is 2.36. The third-order valence-electron chi connectivity index (χ3n) is 4.29. The summed E-state index contributed by atoms with van der Waals surface area (Å²) in [6.07, 6.45) is 0. The number of hydrogen-bond acceptors (Lipinski definition) is 8. The highest BCUT2D eigenvalue weighted by molar-refractivity contribution is 9.12. The van der Waals surface area contributed by atoms with E-state index in [9.17, 15) is 30.7 Å². The average molecular weight is 555 g/mol. The Bertz CT molecular complexity index is 1550. The molecule has 3 rings (SSSR count). The molecule has 0 aliphatic rings. The highest BCUT2D eigenvalue weighted by atomic mass is 79.9. The van der Waals surface area contributed by atoms with E-state index >= 15 is 0 Å². The first-order chi connectivity index (χ1) is 15.3. The average Bonchev–Trinajstić information content (AvgIpc) is 2.71. The molecule has 0 saturated heterocycles. The Labute approximate surface area is 196 Å². The van der Waals surface area contributed by atoms with E-state index in [1.165, 1.54) is 36.4 Å². The molecule has 0 aromatic heterocycles. The minimum absolute atomic E-state index is 0.00301. The lowest BCUT2D eigenvalue weighted by atomic mass is 10.1. The van der Waals surface area contributed by atoms with Gasteiger partial charge in [0.2, 0.25) is 0 Å². The van der Waals surface area contributed by atoms with Gasteiger partial charge in [-0.1, -0.05) is 18.7 Å². The first kappa shape index (κ1) is 24.5. The van der Waals surface area contributed by atoms with Crippen LogP contribution in [0.3, 0.4) is 0 Å². The number of halogens is 1. The Balaban J connectivity index is 2.10. The van der Waals surface area contributed by atoms with Gasteiger partial charge in [0.1, 0.15) is 16.3 Å². The van der Waals surface area contributed by atoms with Crippen LogP contribution in [0.2, 0.25) is 0 Å². The lowest BCUT2D eigenvalue weighted by Crippen LogP contribution is -2.11. The molecule has 5 N–H and O–H groups in total. The van der Waals surface area contributed by atoms with Crippen molar-refractivity contribution in [1.82, 2.24) is 0 Å². The molecule has 0 atom stereocenters. The van der Waals surface area contributed by atoms with E-state index in [4.69, 9.17) is 5.73 Å². The quantitative estimate of drug-likeness (QED) is 0.151. The molecule has 0 heterocycles. The summed E-state index contributed by atoms with van der Waals surface area (Å²) in [5.41, 5.74) is 6.01. The number of carbonyl (C=O) groups is 1. The molecule has 1 amide bonds. The van der Waals surface area contributed by atoms with Crippen LogP contribution < -0.4 is 11.1 Å². The van der Waals surface area contributed by atoms with Gasteiger partial charge in [-0.05, 0) is 57.7 Å². The van der Waals surface area contributed by atoms with Crippen molar-refractivity contribution in [1.29, 1.82) is 0 Å². The van der Waals surface area contributed by atoms with E-state index in [1.807, 2.05) is 0 Å². The summed E-state index contributed by atoms with van der Waals surface area (Å²) in [6.45, 7) is 3.40. The van der Waals surface area contributed by atoms with Crippen LogP contribution in [-0.4, -0.2) is 31.8 Å². The lowest BCUT2D eigenvalue weighted by Gasteiger charge is -2.09. The second kappa shape index (κ2) is 8.99. The van der Waals surface area contributed by atoms with E-state index in [2.05, 4.69) is 38.1 Å². The van der Waals surface area contributed by atoms with Crippen molar-refractivity contribution in [2.24, 2.45) is 10.2 Å². The van der Waals surface area contributed by atoms with E-state index in [0.29, 0.717) is 10.8 Å². The Morgan fingerprint density at radius 3 is 2.27 bits per heavy atom. The molecule has 0 aliphatic carbocycles. The standard InChI is InChI=1S/C19H15BrN4O7S2/c1-10(20)19(25)22-12-3-7-16(17(9-12)33(29,30)31)23-24-18-14-5-4-13(32(26,27)28)8-11(14)2-6-15(18)21/h2-9H,1,21H2,(H,22,25)(H,26,27,28)(H,29,30,31). The van der Waals surface area contributed by atoms with Crippen LogP contribution in [0.4, 0.5) is 22.7 Å². The molecule has 172 valence electrons. The van der Waals surface area contributed by atoms with Gasteiger partial charge < -0.3 is 11.1 Å². The van der Waals surface area contributed by atoms with E-state index < -0.39 is 31.0 Å². The number of nitrogens with one attached hydrogen (secondary N) is 1. The van der Waals surface area contributed by atoms with Gasteiger partial charge in [0, 0.05) is 11.1 Å². The number of anilines is 2. The molecular formula is C19H15BrN4O7S2. The van der Waals surface area contributed by atoms with Gasteiger partial charge in [0.25, 0.3) is 26.1 Å². The van der Waals surface area contributed by atoms with Crippen LogP contribution in [0.15, 0.2) is 79.6 Å². The molecular weight excluding hydrogens is 540 g/mol. The lowest BCUT2D eigenvalue weighted by molar-refractivity contribution is -0.112. The molecule has 3 aromatic carbocycles. The minimum Gasteiger partial charge on any atom is -0.397 e. The van der Waals surface area contributed by atoms with Crippen LogP contribution >= 0.6 is 15.9 Å². The third kappa shape index (κ3) is 5.61. The van der Waals surface area contributed by atoms with Crippen LogP contribution in [0.1, 0.15) is 0 Å². The monoisotopic (exact) mass is 554 g/mol. The van der Waals surface area contributed by atoms with Crippen molar-refractivity contribution in [3.05, 3.63) is 59.6 Å². The zero-order valence-corrected chi connectivity index (χ0v) is 19.6. The second-order valence-electron chi connectivity index (χ2n) is 6.58. The molecule has 14 heteroatoms. The third-order valence-corrected chi connectivity index (χ3v) is 6.38. The van der Waals surface area contributed by atoms with E-state index in [-0.39, 0.29) is 32.1 Å². The predicted molar refractivity (Wildman–Crippen MR) is 125 cm³/mol. The van der Waals surface area contributed by atoms with Crippen molar-refractivity contribution in [2.75, 3.05) is 11.1 Å². The molecule has 33 heavy (non-hydrogen) atoms. The Morgan fingerprint density at radius 2 is 1.67 bits per heavy atom. The van der Waals surface area contributed by atoms with Gasteiger partial charge in [-0.2, -0.15) is 16.8 Å². The summed E-state index contributed by atoms with van der Waals surface area (Å²) < 4.78 is 65.3. The number of nitrogen functional groups attached to an aromatic ring is 1. The fourth-order valence-electron chi connectivity index (χ4n) is 2.76. The second-order valence-corrected chi connectivity index (χ2v) is 10.3. The zero-order chi connectivity index (χ0) is 24.6. The number of rotatable bonds is 6. The number of amides is 1. The van der Waals surface area contributed by atoms with Gasteiger partial charge in [0.05, 0.1) is 15.1 Å². The maximum absolute atomic E-state index is 11.9. The van der Waals surface area contributed by atoms with Gasteiger partial charge >= 0.3 is 0 Å². The van der Waals surface area contributed by atoms with E-state index in [1.54, 1.807) is 0 Å². The van der Waals surface area contributed by atoms with Crippen molar-refractivity contribution < 1.29 is 30.7 Å². The number of nitrogens with two attached hydrogens (primary N) is 1. The molecule has 11 nitrogen and oxygen atoms in total. The molecule has 0 unspecified atom stereocenters. The maximum atomic E-state index is 11.9. The van der Waals surface area contributed by atoms with Crippen molar-refractivity contribution in [3.63, 3.8) is 0 Å². The topological polar surface area (TPSA) is 189 Å². The Hall–Kier alpha value is -3.17. The Morgan fingerprint density at radius 1 is 0.970 bits per heavy atom.